The van der Waals surface area contributed by atoms with Crippen molar-refractivity contribution in [1.29, 1.82) is 0 Å². The first-order valence-electron chi connectivity index (χ1n) is 5.94. The van der Waals surface area contributed by atoms with Gasteiger partial charge in [-0.15, -0.1) is 22.7 Å². The molecule has 1 aliphatic rings. The van der Waals surface area contributed by atoms with Gasteiger partial charge in [-0.25, -0.2) is 0 Å². The lowest BCUT2D eigenvalue weighted by atomic mass is 10.0. The van der Waals surface area contributed by atoms with Crippen LogP contribution >= 0.6 is 45.9 Å². The second-order valence-electron chi connectivity index (χ2n) is 4.33. The van der Waals surface area contributed by atoms with Gasteiger partial charge >= 0.3 is 0 Å². The Hall–Kier alpha value is -0.280. The first kappa shape index (κ1) is 12.7. The quantitative estimate of drug-likeness (QED) is 0.506. The van der Waals surface area contributed by atoms with Crippen molar-refractivity contribution in [2.45, 2.75) is 25.7 Å². The Morgan fingerprint density at radius 1 is 0.778 bits per heavy atom. The molecule has 1 aliphatic carbocycles. The highest BCUT2D eigenvalue weighted by Crippen LogP contribution is 2.44. The minimum absolute atomic E-state index is 0.902. The van der Waals surface area contributed by atoms with Crippen molar-refractivity contribution >= 4 is 45.9 Å². The normalized spacial score (nSPS) is 17.0. The highest BCUT2D eigenvalue weighted by Gasteiger charge is 2.18. The Bertz CT molecular complexity index is 541. The van der Waals surface area contributed by atoms with E-state index in [1.807, 2.05) is 10.8 Å². The average Bonchev–Trinajstić information content (AvgIpc) is 2.90. The van der Waals surface area contributed by atoms with Crippen LogP contribution in [-0.4, -0.2) is 0 Å². The summed E-state index contributed by atoms with van der Waals surface area (Å²) < 4.78 is 0. The van der Waals surface area contributed by atoms with Crippen LogP contribution in [0.3, 0.4) is 0 Å². The summed E-state index contributed by atoms with van der Waals surface area (Å²) in [4.78, 5) is 2.64. The Labute approximate surface area is 125 Å². The summed E-state index contributed by atoms with van der Waals surface area (Å²) in [5, 5.41) is 5.90. The molecule has 0 bridgehead atoms. The molecule has 0 N–H and O–H groups in total. The number of halogens is 2. The predicted molar refractivity (Wildman–Crippen MR) is 83.4 cm³/mol. The second kappa shape index (κ2) is 5.38. The molecule has 4 heteroatoms. The highest BCUT2D eigenvalue weighted by molar-refractivity contribution is 7.21. The van der Waals surface area contributed by atoms with Crippen LogP contribution in [0.1, 0.15) is 24.0 Å². The smallest absolute Gasteiger partial charge is 0.0551 e. The van der Waals surface area contributed by atoms with Crippen LogP contribution in [0.15, 0.2) is 22.9 Å². The zero-order valence-corrected chi connectivity index (χ0v) is 12.9. The molecule has 0 atom stereocenters. The van der Waals surface area contributed by atoms with Gasteiger partial charge in [0.1, 0.15) is 0 Å². The molecule has 0 fully saturated rings. The van der Waals surface area contributed by atoms with E-state index in [2.05, 4.69) is 12.2 Å². The van der Waals surface area contributed by atoms with Crippen molar-refractivity contribution in [3.05, 3.63) is 44.1 Å². The van der Waals surface area contributed by atoms with Crippen LogP contribution in [0.2, 0.25) is 10.0 Å². The monoisotopic (exact) mass is 314 g/mol. The SMILES string of the molecule is Clc1csc2c1CC/C=C/CCc1c(Cl)csc1-2. The molecule has 0 saturated carbocycles. The van der Waals surface area contributed by atoms with Crippen molar-refractivity contribution in [2.24, 2.45) is 0 Å². The maximum atomic E-state index is 6.31. The minimum Gasteiger partial charge on any atom is -0.141 e. The summed E-state index contributed by atoms with van der Waals surface area (Å²) in [5.41, 5.74) is 2.57. The number of allylic oxidation sites excluding steroid dienone is 2. The maximum absolute atomic E-state index is 6.31. The molecule has 0 unspecified atom stereocenters. The van der Waals surface area contributed by atoms with Crippen molar-refractivity contribution in [3.63, 3.8) is 0 Å². The predicted octanol–water partition coefficient (Wildman–Crippen LogP) is 6.22. The van der Waals surface area contributed by atoms with Gasteiger partial charge in [0.15, 0.2) is 0 Å². The van der Waals surface area contributed by atoms with Crippen molar-refractivity contribution in [3.8, 4) is 9.75 Å². The van der Waals surface area contributed by atoms with Gasteiger partial charge in [-0.1, -0.05) is 35.4 Å². The molecule has 0 amide bonds. The van der Waals surface area contributed by atoms with Crippen molar-refractivity contribution in [1.82, 2.24) is 0 Å². The van der Waals surface area contributed by atoms with E-state index >= 15 is 0 Å². The topological polar surface area (TPSA) is 0 Å². The zero-order valence-electron chi connectivity index (χ0n) is 9.71. The summed E-state index contributed by atoms with van der Waals surface area (Å²) in [6, 6.07) is 0. The van der Waals surface area contributed by atoms with Crippen LogP contribution in [0.25, 0.3) is 9.75 Å². The number of hydrogen-bond acceptors (Lipinski definition) is 2. The van der Waals surface area contributed by atoms with Gasteiger partial charge in [0.25, 0.3) is 0 Å². The summed E-state index contributed by atoms with van der Waals surface area (Å²) in [6.07, 6.45) is 8.67. The third-order valence-corrected chi connectivity index (χ3v) is 6.32. The van der Waals surface area contributed by atoms with E-state index in [4.69, 9.17) is 23.2 Å². The van der Waals surface area contributed by atoms with Gasteiger partial charge < -0.3 is 0 Å². The zero-order chi connectivity index (χ0) is 12.5. The molecule has 0 saturated heterocycles. The number of rotatable bonds is 0. The molecule has 2 aromatic rings. The van der Waals surface area contributed by atoms with Crippen molar-refractivity contribution < 1.29 is 0 Å². The van der Waals surface area contributed by atoms with Gasteiger partial charge in [-0.05, 0) is 36.8 Å². The van der Waals surface area contributed by atoms with Crippen LogP contribution in [0.5, 0.6) is 0 Å². The number of thiophene rings is 2. The van der Waals surface area contributed by atoms with Crippen LogP contribution < -0.4 is 0 Å². The lowest BCUT2D eigenvalue weighted by Crippen LogP contribution is -1.90. The standard InChI is InChI=1S/C14H12Cl2S2/c15-11-7-17-13-9(11)5-3-1-2-4-6-10-12(16)8-18-14(10)13/h1-2,7-8H,3-6H2/b2-1+. The third-order valence-electron chi connectivity index (χ3n) is 3.18. The summed E-state index contributed by atoms with van der Waals surface area (Å²) in [7, 11) is 0. The highest BCUT2D eigenvalue weighted by atomic mass is 35.5. The summed E-state index contributed by atoms with van der Waals surface area (Å²) in [5.74, 6) is 0. The van der Waals surface area contributed by atoms with Gasteiger partial charge in [0, 0.05) is 20.5 Å². The molecule has 2 heterocycles. The molecule has 0 aromatic carbocycles. The molecule has 0 nitrogen and oxygen atoms in total. The van der Waals surface area contributed by atoms with Crippen LogP contribution in [0.4, 0.5) is 0 Å². The van der Waals surface area contributed by atoms with Crippen LogP contribution in [0, 0.1) is 0 Å². The van der Waals surface area contributed by atoms with Gasteiger partial charge in [0.2, 0.25) is 0 Å². The van der Waals surface area contributed by atoms with E-state index in [0.29, 0.717) is 0 Å². The van der Waals surface area contributed by atoms with E-state index < -0.39 is 0 Å². The molecular formula is C14H12Cl2S2. The number of fused-ring (bicyclic) bond motifs is 3. The first-order valence-corrected chi connectivity index (χ1v) is 8.46. The molecule has 18 heavy (non-hydrogen) atoms. The van der Waals surface area contributed by atoms with Crippen molar-refractivity contribution in [2.75, 3.05) is 0 Å². The van der Waals surface area contributed by atoms with E-state index in [1.165, 1.54) is 20.9 Å². The molecule has 3 rings (SSSR count). The number of hydrogen-bond donors (Lipinski definition) is 0. The minimum atomic E-state index is 0.902. The third kappa shape index (κ3) is 2.27. The summed E-state index contributed by atoms with van der Waals surface area (Å²) >= 11 is 16.1. The molecule has 2 aromatic heterocycles. The largest absolute Gasteiger partial charge is 0.141 e. The fourth-order valence-corrected chi connectivity index (χ4v) is 5.20. The molecule has 0 spiro atoms. The Morgan fingerprint density at radius 3 is 1.67 bits per heavy atom. The van der Waals surface area contributed by atoms with Gasteiger partial charge in [-0.2, -0.15) is 0 Å². The fraction of sp³-hybridized carbons (Fsp3) is 0.286. The fourth-order valence-electron chi connectivity index (χ4n) is 2.26. The van der Waals surface area contributed by atoms with Crippen LogP contribution in [-0.2, 0) is 12.8 Å². The van der Waals surface area contributed by atoms with E-state index in [0.717, 1.165) is 35.7 Å². The molecule has 94 valence electrons. The molecule has 0 aliphatic heterocycles. The van der Waals surface area contributed by atoms with Gasteiger partial charge in [0.05, 0.1) is 10.0 Å². The van der Waals surface area contributed by atoms with Gasteiger partial charge in [-0.3, -0.25) is 0 Å². The Kier molecular flexibility index (Phi) is 3.81. The lowest BCUT2D eigenvalue weighted by molar-refractivity contribution is 0.960. The van der Waals surface area contributed by atoms with E-state index in [9.17, 15) is 0 Å². The lowest BCUT2D eigenvalue weighted by Gasteiger charge is -2.07. The first-order chi connectivity index (χ1) is 8.77. The molecular weight excluding hydrogens is 303 g/mol. The Morgan fingerprint density at radius 2 is 1.22 bits per heavy atom. The van der Waals surface area contributed by atoms with E-state index in [-0.39, 0.29) is 0 Å². The maximum Gasteiger partial charge on any atom is 0.0551 e. The van der Waals surface area contributed by atoms with E-state index in [1.54, 1.807) is 22.7 Å². The average molecular weight is 315 g/mol. The Balaban J connectivity index is 2.17. The summed E-state index contributed by atoms with van der Waals surface area (Å²) in [6.45, 7) is 0. The second-order valence-corrected chi connectivity index (χ2v) is 6.91. The molecule has 0 radical (unpaired) electrons.